The molecule has 3 nitrogen and oxygen atoms in total. The molecule has 1 aliphatic heterocycles. The Morgan fingerprint density at radius 2 is 1.93 bits per heavy atom. The van der Waals surface area contributed by atoms with Gasteiger partial charge in [-0.2, -0.15) is 0 Å². The first-order valence-corrected chi connectivity index (χ1v) is 6.25. The summed E-state index contributed by atoms with van der Waals surface area (Å²) in [6, 6.07) is 4.12. The summed E-state index contributed by atoms with van der Waals surface area (Å²) in [5, 5.41) is 9.36. The second-order valence-corrected chi connectivity index (χ2v) is 4.31. The fourth-order valence-corrected chi connectivity index (χ4v) is 2.04. The van der Waals surface area contributed by atoms with Crippen LogP contribution in [0.2, 0.25) is 0 Å². The van der Waals surface area contributed by atoms with Crippen LogP contribution in [0.4, 0.5) is 5.82 Å². The average molecular weight is 209 g/mol. The molecule has 1 aromatic rings. The molecule has 1 saturated heterocycles. The Morgan fingerprint density at radius 1 is 1.14 bits per heavy atom. The normalized spacial score (nSPS) is 17.1. The number of nitrogens with zero attached hydrogens (tertiary/aromatic N) is 3. The van der Waals surface area contributed by atoms with Gasteiger partial charge in [-0.15, -0.1) is 22.0 Å². The van der Waals surface area contributed by atoms with Crippen LogP contribution in [0.5, 0.6) is 0 Å². The predicted molar refractivity (Wildman–Crippen MR) is 59.9 cm³/mol. The van der Waals surface area contributed by atoms with Crippen molar-refractivity contribution < 1.29 is 0 Å². The molecule has 0 aromatic carbocycles. The molecule has 0 unspecified atom stereocenters. The lowest BCUT2D eigenvalue weighted by Gasteiger charge is -2.27. The molecule has 0 bridgehead atoms. The maximum Gasteiger partial charge on any atom is 0.151 e. The second-order valence-electron chi connectivity index (χ2n) is 3.48. The molecule has 0 spiro atoms. The molecule has 0 N–H and O–H groups in total. The van der Waals surface area contributed by atoms with Gasteiger partial charge in [0.2, 0.25) is 0 Å². The quantitative estimate of drug-likeness (QED) is 0.698. The van der Waals surface area contributed by atoms with Gasteiger partial charge in [-0.05, 0) is 37.7 Å². The number of hydrogen-bond acceptors (Lipinski definition) is 4. The van der Waals surface area contributed by atoms with E-state index in [9.17, 15) is 0 Å². The van der Waals surface area contributed by atoms with E-state index in [0.29, 0.717) is 0 Å². The Kier molecular flexibility index (Phi) is 3.24. The smallest absolute Gasteiger partial charge is 0.151 e. The van der Waals surface area contributed by atoms with Gasteiger partial charge in [-0.25, -0.2) is 0 Å². The molecule has 2 heterocycles. The van der Waals surface area contributed by atoms with E-state index in [0.717, 1.165) is 23.9 Å². The summed E-state index contributed by atoms with van der Waals surface area (Å²) >= 11 is 1.63. The predicted octanol–water partition coefficient (Wildman–Crippen LogP) is 2.19. The first-order chi connectivity index (χ1) is 6.90. The fourth-order valence-electron chi connectivity index (χ4n) is 1.71. The van der Waals surface area contributed by atoms with Crippen molar-refractivity contribution in [1.29, 1.82) is 0 Å². The minimum atomic E-state index is 0.991. The van der Waals surface area contributed by atoms with E-state index >= 15 is 0 Å². The molecule has 0 saturated carbocycles. The highest BCUT2D eigenvalue weighted by atomic mass is 32.2. The standard InChI is InChI=1S/C10H15N3S/c1-14-10-6-5-9(11-12-10)13-7-3-2-4-8-13/h5-6H,2-4,7-8H2,1H3. The van der Waals surface area contributed by atoms with Crippen molar-refractivity contribution in [2.24, 2.45) is 0 Å². The Bertz CT molecular complexity index is 280. The molecule has 76 valence electrons. The zero-order valence-corrected chi connectivity index (χ0v) is 9.26. The van der Waals surface area contributed by atoms with Crippen molar-refractivity contribution in [2.45, 2.75) is 24.3 Å². The summed E-state index contributed by atoms with van der Waals surface area (Å²) in [6.07, 6.45) is 5.94. The summed E-state index contributed by atoms with van der Waals surface area (Å²) in [5.41, 5.74) is 0. The largest absolute Gasteiger partial charge is 0.355 e. The van der Waals surface area contributed by atoms with Gasteiger partial charge < -0.3 is 4.90 Å². The summed E-state index contributed by atoms with van der Waals surface area (Å²) in [6.45, 7) is 2.26. The molecular weight excluding hydrogens is 194 g/mol. The van der Waals surface area contributed by atoms with Gasteiger partial charge >= 0.3 is 0 Å². The van der Waals surface area contributed by atoms with Crippen molar-refractivity contribution in [3.05, 3.63) is 12.1 Å². The minimum Gasteiger partial charge on any atom is -0.355 e. The number of hydrogen-bond donors (Lipinski definition) is 0. The topological polar surface area (TPSA) is 29.0 Å². The first kappa shape index (κ1) is 9.77. The third-order valence-corrected chi connectivity index (χ3v) is 3.15. The molecule has 0 atom stereocenters. The Balaban J connectivity index is 2.07. The van der Waals surface area contributed by atoms with Gasteiger partial charge in [-0.3, -0.25) is 0 Å². The van der Waals surface area contributed by atoms with Crippen LogP contribution in [-0.2, 0) is 0 Å². The zero-order chi connectivity index (χ0) is 9.80. The average Bonchev–Trinajstić information content (AvgIpc) is 2.30. The molecular formula is C10H15N3S. The van der Waals surface area contributed by atoms with Crippen LogP contribution in [0.1, 0.15) is 19.3 Å². The highest BCUT2D eigenvalue weighted by Crippen LogP contribution is 2.18. The first-order valence-electron chi connectivity index (χ1n) is 5.03. The van der Waals surface area contributed by atoms with Crippen LogP contribution in [0.25, 0.3) is 0 Å². The van der Waals surface area contributed by atoms with E-state index < -0.39 is 0 Å². The lowest BCUT2D eigenvalue weighted by atomic mass is 10.1. The van der Waals surface area contributed by atoms with Crippen LogP contribution < -0.4 is 4.90 Å². The van der Waals surface area contributed by atoms with Crippen LogP contribution in [0, 0.1) is 0 Å². The summed E-state index contributed by atoms with van der Waals surface area (Å²) < 4.78 is 0. The maximum absolute atomic E-state index is 4.23. The van der Waals surface area contributed by atoms with Gasteiger partial charge in [-0.1, -0.05) is 0 Å². The van der Waals surface area contributed by atoms with Crippen molar-refractivity contribution >= 4 is 17.6 Å². The summed E-state index contributed by atoms with van der Waals surface area (Å²) in [5.74, 6) is 1.03. The number of rotatable bonds is 2. The van der Waals surface area contributed by atoms with Crippen molar-refractivity contribution in [3.8, 4) is 0 Å². The third kappa shape index (κ3) is 2.18. The van der Waals surface area contributed by atoms with E-state index in [1.807, 2.05) is 12.3 Å². The van der Waals surface area contributed by atoms with Crippen LogP contribution >= 0.6 is 11.8 Å². The number of anilines is 1. The summed E-state index contributed by atoms with van der Waals surface area (Å²) in [7, 11) is 0. The van der Waals surface area contributed by atoms with Gasteiger partial charge in [0.05, 0.1) is 0 Å². The van der Waals surface area contributed by atoms with Gasteiger partial charge in [0.1, 0.15) is 5.03 Å². The minimum absolute atomic E-state index is 0.991. The molecule has 1 aromatic heterocycles. The second kappa shape index (κ2) is 4.64. The van der Waals surface area contributed by atoms with Crippen molar-refractivity contribution in [3.63, 3.8) is 0 Å². The van der Waals surface area contributed by atoms with E-state index in [4.69, 9.17) is 0 Å². The van der Waals surface area contributed by atoms with E-state index in [2.05, 4.69) is 21.2 Å². The monoisotopic (exact) mass is 209 g/mol. The highest BCUT2D eigenvalue weighted by Gasteiger charge is 2.11. The van der Waals surface area contributed by atoms with Gasteiger partial charge in [0.15, 0.2) is 5.82 Å². The summed E-state index contributed by atoms with van der Waals surface area (Å²) in [4.78, 5) is 2.32. The Labute approximate surface area is 88.9 Å². The van der Waals surface area contributed by atoms with Crippen molar-refractivity contribution in [1.82, 2.24) is 10.2 Å². The number of aromatic nitrogens is 2. The molecule has 4 heteroatoms. The molecule has 14 heavy (non-hydrogen) atoms. The van der Waals surface area contributed by atoms with Gasteiger partial charge in [0, 0.05) is 13.1 Å². The van der Waals surface area contributed by atoms with E-state index in [1.54, 1.807) is 11.8 Å². The van der Waals surface area contributed by atoms with Gasteiger partial charge in [0.25, 0.3) is 0 Å². The maximum atomic E-state index is 4.23. The fraction of sp³-hybridized carbons (Fsp3) is 0.600. The lowest BCUT2D eigenvalue weighted by molar-refractivity contribution is 0.570. The van der Waals surface area contributed by atoms with E-state index in [-0.39, 0.29) is 0 Å². The Morgan fingerprint density at radius 3 is 2.50 bits per heavy atom. The number of piperidine rings is 1. The molecule has 1 fully saturated rings. The number of thioether (sulfide) groups is 1. The van der Waals surface area contributed by atoms with Crippen molar-refractivity contribution in [2.75, 3.05) is 24.2 Å². The van der Waals surface area contributed by atoms with E-state index in [1.165, 1.54) is 19.3 Å². The van der Waals surface area contributed by atoms with Crippen LogP contribution in [-0.4, -0.2) is 29.5 Å². The molecule has 0 aliphatic carbocycles. The SMILES string of the molecule is CSc1ccc(N2CCCCC2)nn1. The Hall–Kier alpha value is -0.770. The molecule has 0 radical (unpaired) electrons. The molecule has 0 amide bonds. The lowest BCUT2D eigenvalue weighted by Crippen LogP contribution is -2.30. The molecule has 2 rings (SSSR count). The third-order valence-electron chi connectivity index (χ3n) is 2.52. The van der Waals surface area contributed by atoms with Crippen LogP contribution in [0.15, 0.2) is 17.2 Å². The molecule has 1 aliphatic rings. The highest BCUT2D eigenvalue weighted by molar-refractivity contribution is 7.98. The zero-order valence-electron chi connectivity index (χ0n) is 8.44. The van der Waals surface area contributed by atoms with Crippen LogP contribution in [0.3, 0.4) is 0 Å².